The number of halogens is 1. The maximum absolute atomic E-state index is 11.6. The van der Waals surface area contributed by atoms with Gasteiger partial charge in [-0.1, -0.05) is 6.07 Å². The molecule has 0 aliphatic rings. The summed E-state index contributed by atoms with van der Waals surface area (Å²) in [6, 6.07) is 5.96. The largest absolute Gasteiger partial charge is 0.264 e. The highest BCUT2D eigenvalue weighted by Crippen LogP contribution is 2.26. The lowest BCUT2D eigenvalue weighted by Gasteiger charge is -2.07. The molecule has 0 radical (unpaired) electrons. The number of aromatic nitrogens is 2. The van der Waals surface area contributed by atoms with E-state index in [1.54, 1.807) is 18.5 Å². The van der Waals surface area contributed by atoms with Crippen LogP contribution in [0.1, 0.15) is 22.5 Å². The Morgan fingerprint density at radius 2 is 1.58 bits per heavy atom. The highest BCUT2D eigenvalue weighted by atomic mass is 35.7. The highest BCUT2D eigenvalue weighted by Gasteiger charge is 2.23. The predicted octanol–water partition coefficient (Wildman–Crippen LogP) is 3.03. The Bertz CT molecular complexity index is 728. The zero-order valence-electron chi connectivity index (χ0n) is 11.2. The van der Waals surface area contributed by atoms with Crippen molar-refractivity contribution in [3.05, 3.63) is 40.7 Å². The lowest BCUT2D eigenvalue weighted by atomic mass is 10.1. The number of hydrogen-bond acceptors (Lipinski definition) is 3. The molecule has 1 heterocycles. The Morgan fingerprint density at radius 1 is 1.05 bits per heavy atom. The van der Waals surface area contributed by atoms with Gasteiger partial charge in [0.05, 0.1) is 17.1 Å². The van der Waals surface area contributed by atoms with Gasteiger partial charge in [0.15, 0.2) is 0 Å². The van der Waals surface area contributed by atoms with Crippen molar-refractivity contribution >= 4 is 19.7 Å². The van der Waals surface area contributed by atoms with E-state index < -0.39 is 9.05 Å². The van der Waals surface area contributed by atoms with Crippen molar-refractivity contribution in [1.29, 1.82) is 0 Å². The Balaban J connectivity index is 2.72. The zero-order chi connectivity index (χ0) is 14.4. The van der Waals surface area contributed by atoms with E-state index in [4.69, 9.17) is 10.7 Å². The predicted molar refractivity (Wildman–Crippen MR) is 75.6 cm³/mol. The third-order valence-electron chi connectivity index (χ3n) is 2.92. The van der Waals surface area contributed by atoms with Crippen molar-refractivity contribution in [1.82, 2.24) is 9.78 Å². The van der Waals surface area contributed by atoms with E-state index >= 15 is 0 Å². The van der Waals surface area contributed by atoms with Gasteiger partial charge in [-0.15, -0.1) is 0 Å². The minimum atomic E-state index is -3.78. The molecule has 0 aliphatic heterocycles. The second kappa shape index (κ2) is 4.65. The summed E-state index contributed by atoms with van der Waals surface area (Å²) in [6.07, 6.45) is 0. The van der Waals surface area contributed by atoms with Crippen LogP contribution in [0, 0.1) is 27.7 Å². The zero-order valence-corrected chi connectivity index (χ0v) is 12.8. The molecule has 1 aromatic carbocycles. The average molecular weight is 299 g/mol. The number of aryl methyl sites for hydroxylation is 3. The van der Waals surface area contributed by atoms with Gasteiger partial charge in [-0.05, 0) is 51.0 Å². The lowest BCUT2D eigenvalue weighted by molar-refractivity contribution is 0.608. The standard InChI is InChI=1S/C13H15ClN2O2S/c1-8-5-9(2)7-12(6-8)16-11(4)13(10(3)15-16)19(14,17)18/h5-7H,1-4H3. The van der Waals surface area contributed by atoms with Crippen molar-refractivity contribution in [3.63, 3.8) is 0 Å². The van der Waals surface area contributed by atoms with Crippen LogP contribution in [0.4, 0.5) is 0 Å². The average Bonchev–Trinajstić information content (AvgIpc) is 2.51. The van der Waals surface area contributed by atoms with Crippen molar-refractivity contribution in [2.75, 3.05) is 0 Å². The van der Waals surface area contributed by atoms with E-state index in [0.717, 1.165) is 16.8 Å². The van der Waals surface area contributed by atoms with E-state index in [1.165, 1.54) is 0 Å². The number of rotatable bonds is 2. The molecule has 6 heteroatoms. The molecular weight excluding hydrogens is 284 g/mol. The minimum absolute atomic E-state index is 0.0910. The van der Waals surface area contributed by atoms with Crippen molar-refractivity contribution in [2.45, 2.75) is 32.6 Å². The van der Waals surface area contributed by atoms with Crippen LogP contribution < -0.4 is 0 Å². The molecule has 2 aromatic rings. The smallest absolute Gasteiger partial charge is 0.236 e. The summed E-state index contributed by atoms with van der Waals surface area (Å²) < 4.78 is 24.7. The molecule has 0 fully saturated rings. The summed E-state index contributed by atoms with van der Waals surface area (Å²) in [5.74, 6) is 0. The normalized spacial score (nSPS) is 11.8. The van der Waals surface area contributed by atoms with Crippen molar-refractivity contribution < 1.29 is 8.42 Å². The van der Waals surface area contributed by atoms with Gasteiger partial charge in [0.1, 0.15) is 4.90 Å². The van der Waals surface area contributed by atoms with Gasteiger partial charge in [-0.3, -0.25) is 0 Å². The summed E-state index contributed by atoms with van der Waals surface area (Å²) >= 11 is 0. The van der Waals surface area contributed by atoms with Gasteiger partial charge >= 0.3 is 0 Å². The van der Waals surface area contributed by atoms with Gasteiger partial charge in [0.2, 0.25) is 0 Å². The summed E-state index contributed by atoms with van der Waals surface area (Å²) in [6.45, 7) is 7.32. The van der Waals surface area contributed by atoms with E-state index in [0.29, 0.717) is 11.4 Å². The molecule has 2 rings (SSSR count). The number of hydrogen-bond donors (Lipinski definition) is 0. The molecule has 0 aliphatic carbocycles. The van der Waals surface area contributed by atoms with Crippen molar-refractivity contribution in [3.8, 4) is 5.69 Å². The van der Waals surface area contributed by atoms with Crippen LogP contribution >= 0.6 is 10.7 Å². The van der Waals surface area contributed by atoms with Gasteiger partial charge in [-0.2, -0.15) is 5.10 Å². The van der Waals surface area contributed by atoms with Crippen LogP contribution in [0.25, 0.3) is 5.69 Å². The number of nitrogens with zero attached hydrogens (tertiary/aromatic N) is 2. The Labute approximate surface area is 117 Å². The number of benzene rings is 1. The molecule has 102 valence electrons. The molecule has 0 N–H and O–H groups in total. The van der Waals surface area contributed by atoms with Crippen LogP contribution in [0.15, 0.2) is 23.1 Å². The third kappa shape index (κ3) is 2.67. The van der Waals surface area contributed by atoms with Crippen LogP contribution in [-0.2, 0) is 9.05 Å². The molecule has 0 saturated heterocycles. The molecular formula is C13H15ClN2O2S. The molecule has 19 heavy (non-hydrogen) atoms. The maximum Gasteiger partial charge on any atom is 0.264 e. The highest BCUT2D eigenvalue weighted by molar-refractivity contribution is 8.13. The Kier molecular flexibility index (Phi) is 3.45. The molecule has 0 saturated carbocycles. The molecule has 1 aromatic heterocycles. The summed E-state index contributed by atoms with van der Waals surface area (Å²) in [7, 11) is 1.67. The second-order valence-electron chi connectivity index (χ2n) is 4.70. The summed E-state index contributed by atoms with van der Waals surface area (Å²) in [5.41, 5.74) is 3.96. The monoisotopic (exact) mass is 298 g/mol. The molecule has 0 unspecified atom stereocenters. The van der Waals surface area contributed by atoms with Gasteiger partial charge in [0.25, 0.3) is 9.05 Å². The molecule has 0 atom stereocenters. The molecule has 0 amide bonds. The topological polar surface area (TPSA) is 52.0 Å². The van der Waals surface area contributed by atoms with Gasteiger partial charge < -0.3 is 0 Å². The molecule has 4 nitrogen and oxygen atoms in total. The maximum atomic E-state index is 11.6. The summed E-state index contributed by atoms with van der Waals surface area (Å²) in [5, 5.41) is 4.28. The first-order valence-corrected chi connectivity index (χ1v) is 8.10. The summed E-state index contributed by atoms with van der Waals surface area (Å²) in [4.78, 5) is 0.0910. The quantitative estimate of drug-likeness (QED) is 0.801. The SMILES string of the molecule is Cc1cc(C)cc(-n2nc(C)c(S(=O)(=O)Cl)c2C)c1. The minimum Gasteiger partial charge on any atom is -0.236 e. The van der Waals surface area contributed by atoms with Crippen LogP contribution in [0.5, 0.6) is 0 Å². The molecule has 0 spiro atoms. The first kappa shape index (κ1) is 14.1. The fraction of sp³-hybridized carbons (Fsp3) is 0.308. The van der Waals surface area contributed by atoms with E-state index in [-0.39, 0.29) is 4.90 Å². The second-order valence-corrected chi connectivity index (χ2v) is 7.20. The molecule has 0 bridgehead atoms. The van der Waals surface area contributed by atoms with Crippen LogP contribution in [0.2, 0.25) is 0 Å². The van der Waals surface area contributed by atoms with Gasteiger partial charge in [-0.25, -0.2) is 13.1 Å². The van der Waals surface area contributed by atoms with E-state index in [9.17, 15) is 8.42 Å². The van der Waals surface area contributed by atoms with Crippen LogP contribution in [-0.4, -0.2) is 18.2 Å². The van der Waals surface area contributed by atoms with E-state index in [1.807, 2.05) is 32.0 Å². The Morgan fingerprint density at radius 3 is 2.00 bits per heavy atom. The lowest BCUT2D eigenvalue weighted by Crippen LogP contribution is -2.01. The van der Waals surface area contributed by atoms with Gasteiger partial charge in [0, 0.05) is 10.7 Å². The fourth-order valence-electron chi connectivity index (χ4n) is 2.31. The van der Waals surface area contributed by atoms with E-state index in [2.05, 4.69) is 5.10 Å². The fourth-order valence-corrected chi connectivity index (χ4v) is 3.81. The van der Waals surface area contributed by atoms with Crippen LogP contribution in [0.3, 0.4) is 0 Å². The first-order chi connectivity index (χ1) is 8.70. The Hall–Kier alpha value is -1.33. The third-order valence-corrected chi connectivity index (χ3v) is 4.46. The first-order valence-electron chi connectivity index (χ1n) is 5.79. The van der Waals surface area contributed by atoms with Crippen molar-refractivity contribution in [2.24, 2.45) is 0 Å².